The fraction of sp³-hybridized carbons (Fsp3) is 0.385. The summed E-state index contributed by atoms with van der Waals surface area (Å²) >= 11 is 0. The SMILES string of the molecule is CO[C@]12CC[C@H](C(=O)N1)N(c1ccccc1)C2=O. The van der Waals surface area contributed by atoms with Crippen LogP contribution in [-0.2, 0) is 14.3 Å². The monoisotopic (exact) mass is 246 g/mol. The van der Waals surface area contributed by atoms with Crippen molar-refractivity contribution in [3.63, 3.8) is 0 Å². The second-order valence-corrected chi connectivity index (χ2v) is 4.59. The van der Waals surface area contributed by atoms with Crippen LogP contribution >= 0.6 is 0 Å². The molecular formula is C13H14N2O3. The third-order valence-corrected chi connectivity index (χ3v) is 3.66. The highest BCUT2D eigenvalue weighted by Crippen LogP contribution is 2.36. The number of methoxy groups -OCH3 is 1. The van der Waals surface area contributed by atoms with Crippen molar-refractivity contribution in [2.24, 2.45) is 0 Å². The highest BCUT2D eigenvalue weighted by atomic mass is 16.5. The van der Waals surface area contributed by atoms with Crippen molar-refractivity contribution in [3.05, 3.63) is 30.3 Å². The standard InChI is InChI=1S/C13H14N2O3/c1-18-13-8-7-10(11(16)14-13)15(12(13)17)9-5-3-2-4-6-9/h2-6,10H,7-8H2,1H3,(H,14,16)/t10-,13+/m1/s1. The summed E-state index contributed by atoms with van der Waals surface area (Å²) in [5, 5.41) is 2.68. The molecule has 0 radical (unpaired) electrons. The molecule has 5 heteroatoms. The minimum atomic E-state index is -1.18. The Labute approximate surface area is 105 Å². The average molecular weight is 246 g/mol. The lowest BCUT2D eigenvalue weighted by molar-refractivity contribution is -0.166. The molecule has 3 saturated heterocycles. The Kier molecular flexibility index (Phi) is 2.38. The van der Waals surface area contributed by atoms with E-state index in [1.807, 2.05) is 30.3 Å². The van der Waals surface area contributed by atoms with E-state index in [0.29, 0.717) is 12.8 Å². The lowest BCUT2D eigenvalue weighted by Crippen LogP contribution is -2.75. The van der Waals surface area contributed by atoms with Crippen LogP contribution in [0.3, 0.4) is 0 Å². The number of piperazine rings is 1. The van der Waals surface area contributed by atoms with Crippen LogP contribution in [0, 0.1) is 0 Å². The van der Waals surface area contributed by atoms with Crippen LogP contribution in [0.1, 0.15) is 12.8 Å². The number of nitrogens with zero attached hydrogens (tertiary/aromatic N) is 1. The van der Waals surface area contributed by atoms with Gasteiger partial charge in [-0.05, 0) is 18.6 Å². The molecule has 2 amide bonds. The van der Waals surface area contributed by atoms with Crippen LogP contribution in [-0.4, -0.2) is 30.7 Å². The number of piperidine rings is 2. The van der Waals surface area contributed by atoms with Gasteiger partial charge < -0.3 is 10.1 Å². The lowest BCUT2D eigenvalue weighted by Gasteiger charge is -2.49. The van der Waals surface area contributed by atoms with Gasteiger partial charge in [0.05, 0.1) is 0 Å². The predicted molar refractivity (Wildman–Crippen MR) is 64.8 cm³/mol. The zero-order chi connectivity index (χ0) is 12.8. The predicted octanol–water partition coefficient (Wildman–Crippen LogP) is 0.654. The highest BCUT2D eigenvalue weighted by Gasteiger charge is 2.56. The van der Waals surface area contributed by atoms with Gasteiger partial charge in [-0.2, -0.15) is 0 Å². The summed E-state index contributed by atoms with van der Waals surface area (Å²) in [4.78, 5) is 26.0. The molecule has 4 rings (SSSR count). The summed E-state index contributed by atoms with van der Waals surface area (Å²) < 4.78 is 5.28. The van der Waals surface area contributed by atoms with Crippen LogP contribution in [0.4, 0.5) is 5.69 Å². The summed E-state index contributed by atoms with van der Waals surface area (Å²) in [5.74, 6) is -0.335. The molecule has 0 saturated carbocycles. The third kappa shape index (κ3) is 1.37. The van der Waals surface area contributed by atoms with Gasteiger partial charge in [-0.25, -0.2) is 0 Å². The normalized spacial score (nSPS) is 30.5. The van der Waals surface area contributed by atoms with E-state index in [1.54, 1.807) is 4.90 Å². The molecule has 3 aliphatic heterocycles. The highest BCUT2D eigenvalue weighted by molar-refractivity contribution is 6.11. The number of ether oxygens (including phenoxy) is 1. The molecule has 1 N–H and O–H groups in total. The molecule has 0 aromatic heterocycles. The van der Waals surface area contributed by atoms with Crippen molar-refractivity contribution < 1.29 is 14.3 Å². The molecule has 18 heavy (non-hydrogen) atoms. The Morgan fingerprint density at radius 3 is 2.67 bits per heavy atom. The largest absolute Gasteiger partial charge is 0.350 e. The third-order valence-electron chi connectivity index (χ3n) is 3.66. The molecule has 3 aliphatic rings. The molecule has 0 unspecified atom stereocenters. The summed E-state index contributed by atoms with van der Waals surface area (Å²) in [6.45, 7) is 0. The van der Waals surface area contributed by atoms with Gasteiger partial charge in [0, 0.05) is 19.2 Å². The molecule has 1 aromatic carbocycles. The fourth-order valence-electron chi connectivity index (χ4n) is 2.68. The van der Waals surface area contributed by atoms with E-state index in [2.05, 4.69) is 5.32 Å². The molecular weight excluding hydrogens is 232 g/mol. The molecule has 1 aromatic rings. The number of carbonyl (C=O) groups excluding carboxylic acids is 2. The van der Waals surface area contributed by atoms with Crippen LogP contribution in [0.5, 0.6) is 0 Å². The average Bonchev–Trinajstić information content (AvgIpc) is 2.41. The van der Waals surface area contributed by atoms with Gasteiger partial charge in [-0.1, -0.05) is 18.2 Å². The number of hydrogen-bond acceptors (Lipinski definition) is 3. The van der Waals surface area contributed by atoms with E-state index in [9.17, 15) is 9.59 Å². The summed E-state index contributed by atoms with van der Waals surface area (Å²) in [5.41, 5.74) is -0.440. The van der Waals surface area contributed by atoms with Gasteiger partial charge in [-0.15, -0.1) is 0 Å². The molecule has 0 aliphatic carbocycles. The zero-order valence-corrected chi connectivity index (χ0v) is 10.1. The zero-order valence-electron chi connectivity index (χ0n) is 10.1. The van der Waals surface area contributed by atoms with Crippen LogP contribution in [0.25, 0.3) is 0 Å². The fourth-order valence-corrected chi connectivity index (χ4v) is 2.68. The maximum absolute atomic E-state index is 12.5. The minimum Gasteiger partial charge on any atom is -0.350 e. The first-order valence-corrected chi connectivity index (χ1v) is 5.94. The van der Waals surface area contributed by atoms with E-state index in [1.165, 1.54) is 7.11 Å². The second-order valence-electron chi connectivity index (χ2n) is 4.59. The molecule has 0 spiro atoms. The Morgan fingerprint density at radius 2 is 2.06 bits per heavy atom. The minimum absolute atomic E-state index is 0.147. The van der Waals surface area contributed by atoms with E-state index in [4.69, 9.17) is 4.74 Å². The maximum atomic E-state index is 12.5. The van der Waals surface area contributed by atoms with E-state index in [0.717, 1.165) is 5.69 Å². The summed E-state index contributed by atoms with van der Waals surface area (Å²) in [7, 11) is 1.45. The number of rotatable bonds is 2. The van der Waals surface area contributed by atoms with Crippen molar-refractivity contribution in [1.29, 1.82) is 0 Å². The molecule has 2 bridgehead atoms. The van der Waals surface area contributed by atoms with E-state index < -0.39 is 11.8 Å². The van der Waals surface area contributed by atoms with Crippen molar-refractivity contribution in [2.45, 2.75) is 24.6 Å². The first kappa shape index (κ1) is 11.2. The first-order valence-electron chi connectivity index (χ1n) is 5.94. The van der Waals surface area contributed by atoms with Gasteiger partial charge in [-0.3, -0.25) is 14.5 Å². The number of benzene rings is 1. The number of nitrogens with one attached hydrogen (secondary N) is 1. The van der Waals surface area contributed by atoms with Gasteiger partial charge in [0.1, 0.15) is 6.04 Å². The smallest absolute Gasteiger partial charge is 0.281 e. The van der Waals surface area contributed by atoms with Crippen molar-refractivity contribution >= 4 is 17.5 Å². The van der Waals surface area contributed by atoms with E-state index >= 15 is 0 Å². The van der Waals surface area contributed by atoms with Crippen LogP contribution < -0.4 is 10.2 Å². The van der Waals surface area contributed by atoms with E-state index in [-0.39, 0.29) is 11.8 Å². The summed E-state index contributed by atoms with van der Waals surface area (Å²) in [6.07, 6.45) is 1.16. The molecule has 3 fully saturated rings. The number of para-hydroxylation sites is 1. The second kappa shape index (κ2) is 3.81. The van der Waals surface area contributed by atoms with Crippen molar-refractivity contribution in [1.82, 2.24) is 5.32 Å². The Hall–Kier alpha value is -1.88. The number of fused-ring (bicyclic) bond motifs is 3. The van der Waals surface area contributed by atoms with Crippen molar-refractivity contribution in [3.8, 4) is 0 Å². The first-order chi connectivity index (χ1) is 8.68. The summed E-state index contributed by atoms with van der Waals surface area (Å²) in [6, 6.07) is 8.81. The lowest BCUT2D eigenvalue weighted by atomic mass is 9.87. The number of hydrogen-bond donors (Lipinski definition) is 1. The molecule has 94 valence electrons. The van der Waals surface area contributed by atoms with Crippen molar-refractivity contribution in [2.75, 3.05) is 12.0 Å². The number of carbonyl (C=O) groups is 2. The molecule has 3 heterocycles. The van der Waals surface area contributed by atoms with Gasteiger partial charge in [0.15, 0.2) is 0 Å². The molecule has 5 nitrogen and oxygen atoms in total. The Balaban J connectivity index is 2.05. The van der Waals surface area contributed by atoms with Crippen LogP contribution in [0.2, 0.25) is 0 Å². The molecule has 2 atom stereocenters. The topological polar surface area (TPSA) is 58.6 Å². The number of anilines is 1. The van der Waals surface area contributed by atoms with Gasteiger partial charge in [0.2, 0.25) is 11.6 Å². The van der Waals surface area contributed by atoms with Crippen LogP contribution in [0.15, 0.2) is 30.3 Å². The van der Waals surface area contributed by atoms with Gasteiger partial charge >= 0.3 is 0 Å². The maximum Gasteiger partial charge on any atom is 0.281 e. The Bertz CT molecular complexity index is 502. The quantitative estimate of drug-likeness (QED) is 0.833. The Morgan fingerprint density at radius 1 is 1.33 bits per heavy atom. The number of amides is 2. The van der Waals surface area contributed by atoms with Gasteiger partial charge in [0.25, 0.3) is 5.91 Å².